The number of hydrogen-bond acceptors (Lipinski definition) is 5. The SMILES string of the molecule is CCCCCCCCCCCCC(CCCCCCCCCCCC)COC(=O)CC1CCC(OC(=O)CCCN(C)C)C1. The topological polar surface area (TPSA) is 55.8 Å². The molecule has 0 aromatic carbocycles. The molecule has 260 valence electrons. The lowest BCUT2D eigenvalue weighted by Crippen LogP contribution is -2.19. The van der Waals surface area contributed by atoms with E-state index in [0.29, 0.717) is 25.4 Å². The van der Waals surface area contributed by atoms with Crippen LogP contribution in [0.3, 0.4) is 0 Å². The van der Waals surface area contributed by atoms with Gasteiger partial charge in [0.05, 0.1) is 6.61 Å². The summed E-state index contributed by atoms with van der Waals surface area (Å²) in [6, 6.07) is 0. The highest BCUT2D eigenvalue weighted by Gasteiger charge is 2.29. The first kappa shape index (κ1) is 40.9. The van der Waals surface area contributed by atoms with Gasteiger partial charge in [-0.3, -0.25) is 9.59 Å². The van der Waals surface area contributed by atoms with Gasteiger partial charge in [0, 0.05) is 12.8 Å². The molecule has 0 aromatic heterocycles. The molecule has 1 aliphatic rings. The number of esters is 2. The second kappa shape index (κ2) is 29.3. The van der Waals surface area contributed by atoms with Gasteiger partial charge < -0.3 is 14.4 Å². The summed E-state index contributed by atoms with van der Waals surface area (Å²) in [5.74, 6) is 0.636. The minimum absolute atomic E-state index is 0.0277. The second-order valence-corrected chi connectivity index (χ2v) is 14.4. The second-order valence-electron chi connectivity index (χ2n) is 14.4. The van der Waals surface area contributed by atoms with Crippen LogP contribution < -0.4 is 0 Å². The molecule has 1 fully saturated rings. The Bertz CT molecular complexity index is 643. The Kier molecular flexibility index (Phi) is 27.3. The number of hydrogen-bond donors (Lipinski definition) is 0. The lowest BCUT2D eigenvalue weighted by atomic mass is 9.94. The van der Waals surface area contributed by atoms with Crippen LogP contribution in [-0.2, 0) is 19.1 Å². The predicted molar refractivity (Wildman–Crippen MR) is 187 cm³/mol. The Morgan fingerprint density at radius 2 is 1.11 bits per heavy atom. The van der Waals surface area contributed by atoms with Gasteiger partial charge in [-0.1, -0.05) is 142 Å². The summed E-state index contributed by atoms with van der Waals surface area (Å²) in [7, 11) is 4.04. The van der Waals surface area contributed by atoms with Crippen LogP contribution >= 0.6 is 0 Å². The van der Waals surface area contributed by atoms with Crippen molar-refractivity contribution in [3.63, 3.8) is 0 Å². The van der Waals surface area contributed by atoms with Crippen molar-refractivity contribution in [2.24, 2.45) is 11.8 Å². The molecule has 0 bridgehead atoms. The van der Waals surface area contributed by atoms with Crippen molar-refractivity contribution in [2.45, 2.75) is 200 Å². The van der Waals surface area contributed by atoms with E-state index < -0.39 is 0 Å². The molecule has 0 heterocycles. The first-order valence-electron chi connectivity index (χ1n) is 19.4. The van der Waals surface area contributed by atoms with Crippen molar-refractivity contribution in [1.82, 2.24) is 4.90 Å². The fraction of sp³-hybridized carbons (Fsp3) is 0.949. The van der Waals surface area contributed by atoms with Crippen molar-refractivity contribution in [1.29, 1.82) is 0 Å². The largest absolute Gasteiger partial charge is 0.465 e. The smallest absolute Gasteiger partial charge is 0.306 e. The summed E-state index contributed by atoms with van der Waals surface area (Å²) in [6.45, 7) is 6.05. The lowest BCUT2D eigenvalue weighted by molar-refractivity contribution is -0.149. The maximum atomic E-state index is 12.8. The average Bonchev–Trinajstić information content (AvgIpc) is 3.43. The molecule has 0 amide bonds. The Morgan fingerprint density at radius 3 is 1.59 bits per heavy atom. The quantitative estimate of drug-likeness (QED) is 0.0569. The number of carbonyl (C=O) groups excluding carboxylic acids is 2. The predicted octanol–water partition coefficient (Wildman–Crippen LogP) is 11.2. The number of ether oxygens (including phenoxy) is 2. The van der Waals surface area contributed by atoms with E-state index in [1.807, 2.05) is 14.1 Å². The first-order valence-corrected chi connectivity index (χ1v) is 19.4. The van der Waals surface area contributed by atoms with Crippen molar-refractivity contribution in [3.8, 4) is 0 Å². The fourth-order valence-corrected chi connectivity index (χ4v) is 6.76. The van der Waals surface area contributed by atoms with E-state index in [-0.39, 0.29) is 24.0 Å². The van der Waals surface area contributed by atoms with Crippen molar-refractivity contribution in [3.05, 3.63) is 0 Å². The molecule has 5 nitrogen and oxygen atoms in total. The summed E-state index contributed by atoms with van der Waals surface area (Å²) in [4.78, 5) is 27.0. The van der Waals surface area contributed by atoms with Gasteiger partial charge in [0.1, 0.15) is 6.10 Å². The van der Waals surface area contributed by atoms with Crippen LogP contribution in [0.25, 0.3) is 0 Å². The highest BCUT2D eigenvalue weighted by molar-refractivity contribution is 5.70. The molecule has 0 N–H and O–H groups in total. The van der Waals surface area contributed by atoms with Gasteiger partial charge in [0.25, 0.3) is 0 Å². The summed E-state index contributed by atoms with van der Waals surface area (Å²) in [6.07, 6.45) is 34.0. The van der Waals surface area contributed by atoms with Gasteiger partial charge in [0.15, 0.2) is 0 Å². The van der Waals surface area contributed by atoms with E-state index in [1.54, 1.807) is 0 Å². The average molecular weight is 622 g/mol. The molecular formula is C39H75NO4. The summed E-state index contributed by atoms with van der Waals surface area (Å²) >= 11 is 0. The summed E-state index contributed by atoms with van der Waals surface area (Å²) in [5, 5.41) is 0. The van der Waals surface area contributed by atoms with E-state index in [4.69, 9.17) is 9.47 Å². The highest BCUT2D eigenvalue weighted by atomic mass is 16.5. The van der Waals surface area contributed by atoms with Gasteiger partial charge in [-0.05, 0) is 71.0 Å². The number of carbonyl (C=O) groups is 2. The van der Waals surface area contributed by atoms with Crippen LogP contribution in [0.2, 0.25) is 0 Å². The van der Waals surface area contributed by atoms with E-state index in [2.05, 4.69) is 18.7 Å². The van der Waals surface area contributed by atoms with Crippen LogP contribution in [-0.4, -0.2) is 50.2 Å². The Labute approximate surface area is 274 Å². The van der Waals surface area contributed by atoms with Crippen molar-refractivity contribution < 1.29 is 19.1 Å². The van der Waals surface area contributed by atoms with Gasteiger partial charge in [-0.25, -0.2) is 0 Å². The molecule has 5 heteroatoms. The number of nitrogens with zero attached hydrogens (tertiary/aromatic N) is 1. The molecule has 2 unspecified atom stereocenters. The maximum absolute atomic E-state index is 12.8. The van der Waals surface area contributed by atoms with Gasteiger partial charge >= 0.3 is 11.9 Å². The third-order valence-electron chi connectivity index (χ3n) is 9.64. The zero-order chi connectivity index (χ0) is 32.1. The number of unbranched alkanes of at least 4 members (excludes halogenated alkanes) is 18. The monoisotopic (exact) mass is 622 g/mol. The Balaban J connectivity index is 2.29. The van der Waals surface area contributed by atoms with Crippen LogP contribution in [0, 0.1) is 11.8 Å². The zero-order valence-electron chi connectivity index (χ0n) is 30.0. The minimum Gasteiger partial charge on any atom is -0.465 e. The number of rotatable bonds is 31. The normalized spacial score (nSPS) is 16.7. The Morgan fingerprint density at radius 1 is 0.636 bits per heavy atom. The molecule has 1 aliphatic carbocycles. The molecule has 0 aliphatic heterocycles. The van der Waals surface area contributed by atoms with Gasteiger partial charge in [-0.2, -0.15) is 0 Å². The van der Waals surface area contributed by atoms with Gasteiger partial charge in [0.2, 0.25) is 0 Å². The van der Waals surface area contributed by atoms with Crippen molar-refractivity contribution >= 4 is 11.9 Å². The highest BCUT2D eigenvalue weighted by Crippen LogP contribution is 2.31. The van der Waals surface area contributed by atoms with Crippen LogP contribution in [0.4, 0.5) is 0 Å². The molecule has 0 spiro atoms. The third kappa shape index (κ3) is 25.1. The minimum atomic E-state index is -0.0955. The zero-order valence-corrected chi connectivity index (χ0v) is 30.0. The maximum Gasteiger partial charge on any atom is 0.306 e. The van der Waals surface area contributed by atoms with E-state index in [9.17, 15) is 9.59 Å². The first-order chi connectivity index (χ1) is 21.4. The summed E-state index contributed by atoms with van der Waals surface area (Å²) < 4.78 is 11.6. The lowest BCUT2D eigenvalue weighted by Gasteiger charge is -2.18. The molecule has 0 aromatic rings. The Hall–Kier alpha value is -1.10. The van der Waals surface area contributed by atoms with Crippen LogP contribution in [0.15, 0.2) is 0 Å². The molecule has 44 heavy (non-hydrogen) atoms. The van der Waals surface area contributed by atoms with E-state index in [1.165, 1.54) is 141 Å². The summed E-state index contributed by atoms with van der Waals surface area (Å²) in [5.41, 5.74) is 0. The molecule has 1 saturated carbocycles. The van der Waals surface area contributed by atoms with E-state index >= 15 is 0 Å². The standard InChI is InChI=1S/C39H75NO4/c1-5-7-9-11-13-15-17-19-21-23-26-35(27-24-22-20-18-16-14-12-10-8-6-2)34-43-39(42)33-36-29-30-37(32-36)44-38(41)28-25-31-40(3)4/h35-37H,5-34H2,1-4H3. The molecule has 1 rings (SSSR count). The molecular weight excluding hydrogens is 546 g/mol. The molecule has 0 saturated heterocycles. The van der Waals surface area contributed by atoms with Gasteiger partial charge in [-0.15, -0.1) is 0 Å². The fourth-order valence-electron chi connectivity index (χ4n) is 6.76. The van der Waals surface area contributed by atoms with E-state index in [0.717, 1.165) is 32.2 Å². The van der Waals surface area contributed by atoms with Crippen LogP contribution in [0.5, 0.6) is 0 Å². The van der Waals surface area contributed by atoms with Crippen molar-refractivity contribution in [2.75, 3.05) is 27.2 Å². The molecule has 0 radical (unpaired) electrons. The van der Waals surface area contributed by atoms with Crippen LogP contribution in [0.1, 0.15) is 194 Å². The molecule has 2 atom stereocenters. The third-order valence-corrected chi connectivity index (χ3v) is 9.64.